The maximum atomic E-state index is 11.7. The highest BCUT2D eigenvalue weighted by molar-refractivity contribution is 5.88. The van der Waals surface area contributed by atoms with Crippen LogP contribution in [0.2, 0.25) is 0 Å². The molecule has 3 aromatic rings. The molecule has 7 heteroatoms. The molecule has 0 radical (unpaired) electrons. The fourth-order valence-corrected chi connectivity index (χ4v) is 3.65. The minimum Gasteiger partial charge on any atom is -0.364 e. The molecule has 29 heavy (non-hydrogen) atoms. The van der Waals surface area contributed by atoms with Crippen molar-refractivity contribution in [2.24, 2.45) is 0 Å². The van der Waals surface area contributed by atoms with Crippen LogP contribution in [0.3, 0.4) is 0 Å². The molecule has 1 N–H and O–H groups in total. The first-order valence-corrected chi connectivity index (χ1v) is 9.78. The van der Waals surface area contributed by atoms with Crippen molar-refractivity contribution in [1.29, 1.82) is 0 Å². The third-order valence-electron chi connectivity index (χ3n) is 5.17. The van der Waals surface area contributed by atoms with Crippen LogP contribution >= 0.6 is 0 Å². The second kappa shape index (κ2) is 8.26. The predicted molar refractivity (Wildman–Crippen MR) is 113 cm³/mol. The van der Waals surface area contributed by atoms with Gasteiger partial charge in [0.1, 0.15) is 0 Å². The Hall–Kier alpha value is -3.48. The van der Waals surface area contributed by atoms with Gasteiger partial charge in [0, 0.05) is 37.5 Å². The van der Waals surface area contributed by atoms with Crippen LogP contribution in [0.1, 0.15) is 19.3 Å². The number of hydrogen-bond donors (Lipinski definition) is 1. The molecule has 0 unspecified atom stereocenters. The van der Waals surface area contributed by atoms with E-state index in [2.05, 4.69) is 10.3 Å². The minimum absolute atomic E-state index is 0.0396. The lowest BCUT2D eigenvalue weighted by molar-refractivity contribution is -0.384. The normalized spacial score (nSPS) is 13.8. The Kier molecular flexibility index (Phi) is 5.37. The number of hydrogen-bond acceptors (Lipinski definition) is 5. The molecule has 4 rings (SSSR count). The molecule has 0 bridgehead atoms. The van der Waals surface area contributed by atoms with Gasteiger partial charge in [-0.25, -0.2) is 4.98 Å². The van der Waals surface area contributed by atoms with Crippen molar-refractivity contribution in [2.75, 3.05) is 25.0 Å². The van der Waals surface area contributed by atoms with E-state index in [0.717, 1.165) is 29.5 Å². The summed E-state index contributed by atoms with van der Waals surface area (Å²) in [5.41, 5.74) is 2.74. The number of nitrogens with one attached hydrogen (secondary N) is 1. The third-order valence-corrected chi connectivity index (χ3v) is 5.17. The molecule has 0 spiro atoms. The van der Waals surface area contributed by atoms with Gasteiger partial charge in [-0.15, -0.1) is 0 Å². The van der Waals surface area contributed by atoms with Gasteiger partial charge >= 0.3 is 5.69 Å². The first-order valence-electron chi connectivity index (χ1n) is 9.78. The molecule has 1 saturated heterocycles. The SMILES string of the molecule is O=C1CCCN1CCCNc1nc2cc(-c3ccccc3)ccc2cc1[N+](=O)[O-]. The molecule has 0 saturated carbocycles. The first kappa shape index (κ1) is 18.9. The van der Waals surface area contributed by atoms with Gasteiger partial charge < -0.3 is 10.2 Å². The number of aromatic nitrogens is 1. The smallest absolute Gasteiger partial charge is 0.312 e. The Balaban J connectivity index is 1.54. The Morgan fingerprint density at radius 1 is 1.10 bits per heavy atom. The number of benzene rings is 2. The van der Waals surface area contributed by atoms with Crippen molar-refractivity contribution in [1.82, 2.24) is 9.88 Å². The van der Waals surface area contributed by atoms with Crippen molar-refractivity contribution in [3.05, 3.63) is 64.7 Å². The van der Waals surface area contributed by atoms with Crippen LogP contribution in [0.15, 0.2) is 54.6 Å². The quantitative estimate of drug-likeness (QED) is 0.370. The van der Waals surface area contributed by atoms with Crippen molar-refractivity contribution in [2.45, 2.75) is 19.3 Å². The van der Waals surface area contributed by atoms with E-state index >= 15 is 0 Å². The number of amides is 1. The second-order valence-electron chi connectivity index (χ2n) is 7.15. The Bertz CT molecular complexity index is 1050. The first-order chi connectivity index (χ1) is 14.1. The highest BCUT2D eigenvalue weighted by Crippen LogP contribution is 2.30. The number of fused-ring (bicyclic) bond motifs is 1. The summed E-state index contributed by atoms with van der Waals surface area (Å²) in [6.45, 7) is 1.97. The summed E-state index contributed by atoms with van der Waals surface area (Å²) < 4.78 is 0. The number of nitrogens with zero attached hydrogens (tertiary/aromatic N) is 3. The maximum Gasteiger partial charge on any atom is 0.312 e. The van der Waals surface area contributed by atoms with Crippen LogP contribution in [0.4, 0.5) is 11.5 Å². The molecule has 2 heterocycles. The number of nitro groups is 1. The molecule has 1 aromatic heterocycles. The van der Waals surface area contributed by atoms with Crippen LogP contribution < -0.4 is 5.32 Å². The molecule has 1 amide bonds. The molecule has 1 aliphatic rings. The summed E-state index contributed by atoms with van der Waals surface area (Å²) in [4.78, 5) is 29.2. The molecule has 1 aliphatic heterocycles. The standard InChI is InChI=1S/C22H22N4O3/c27-21-8-4-12-25(21)13-5-11-23-22-20(26(28)29)15-18-10-9-17(14-19(18)24-22)16-6-2-1-3-7-16/h1-3,6-7,9-10,14-15H,4-5,8,11-13H2,(H,23,24). The van der Waals surface area contributed by atoms with Crippen LogP contribution in [0, 0.1) is 10.1 Å². The Labute approximate surface area is 168 Å². The van der Waals surface area contributed by atoms with Crippen molar-refractivity contribution in [3.8, 4) is 11.1 Å². The monoisotopic (exact) mass is 390 g/mol. The lowest BCUT2D eigenvalue weighted by Gasteiger charge is -2.15. The molecule has 148 valence electrons. The van der Waals surface area contributed by atoms with E-state index in [9.17, 15) is 14.9 Å². The van der Waals surface area contributed by atoms with E-state index in [1.807, 2.05) is 53.4 Å². The lowest BCUT2D eigenvalue weighted by atomic mass is 10.0. The summed E-state index contributed by atoms with van der Waals surface area (Å²) in [6, 6.07) is 17.3. The lowest BCUT2D eigenvalue weighted by Crippen LogP contribution is -2.27. The van der Waals surface area contributed by atoms with E-state index in [0.29, 0.717) is 31.4 Å². The van der Waals surface area contributed by atoms with Gasteiger partial charge in [-0.05, 0) is 30.0 Å². The largest absolute Gasteiger partial charge is 0.364 e. The Morgan fingerprint density at radius 3 is 2.66 bits per heavy atom. The predicted octanol–water partition coefficient (Wildman–Crippen LogP) is 4.23. The zero-order chi connectivity index (χ0) is 20.2. The van der Waals surface area contributed by atoms with Gasteiger partial charge in [0.15, 0.2) is 0 Å². The average molecular weight is 390 g/mol. The van der Waals surface area contributed by atoms with Gasteiger partial charge in [-0.1, -0.05) is 42.5 Å². The van der Waals surface area contributed by atoms with Crippen molar-refractivity contribution in [3.63, 3.8) is 0 Å². The highest BCUT2D eigenvalue weighted by atomic mass is 16.6. The summed E-state index contributed by atoms with van der Waals surface area (Å²) in [5, 5.41) is 15.3. The van der Waals surface area contributed by atoms with Crippen LogP contribution in [0.25, 0.3) is 22.0 Å². The van der Waals surface area contributed by atoms with Gasteiger partial charge in [-0.3, -0.25) is 14.9 Å². The van der Waals surface area contributed by atoms with Gasteiger partial charge in [0.2, 0.25) is 11.7 Å². The molecular formula is C22H22N4O3. The van der Waals surface area contributed by atoms with E-state index in [1.54, 1.807) is 6.07 Å². The number of carbonyl (C=O) groups excluding carboxylic acids is 1. The van der Waals surface area contributed by atoms with Crippen LogP contribution in [0.5, 0.6) is 0 Å². The second-order valence-corrected chi connectivity index (χ2v) is 7.15. The fourth-order valence-electron chi connectivity index (χ4n) is 3.65. The zero-order valence-corrected chi connectivity index (χ0v) is 16.0. The maximum absolute atomic E-state index is 11.7. The average Bonchev–Trinajstić information content (AvgIpc) is 3.15. The van der Waals surface area contributed by atoms with E-state index in [-0.39, 0.29) is 17.4 Å². The number of rotatable bonds is 7. The molecule has 7 nitrogen and oxygen atoms in total. The molecule has 0 atom stereocenters. The van der Waals surface area contributed by atoms with E-state index < -0.39 is 4.92 Å². The van der Waals surface area contributed by atoms with Crippen molar-refractivity contribution < 1.29 is 9.72 Å². The number of anilines is 1. The Morgan fingerprint density at radius 2 is 1.93 bits per heavy atom. The zero-order valence-electron chi connectivity index (χ0n) is 16.0. The van der Waals surface area contributed by atoms with Crippen molar-refractivity contribution >= 4 is 28.3 Å². The highest BCUT2D eigenvalue weighted by Gasteiger charge is 2.20. The number of carbonyl (C=O) groups is 1. The summed E-state index contributed by atoms with van der Waals surface area (Å²) >= 11 is 0. The summed E-state index contributed by atoms with van der Waals surface area (Å²) in [5.74, 6) is 0.453. The van der Waals surface area contributed by atoms with E-state index in [4.69, 9.17) is 0 Å². The molecular weight excluding hydrogens is 368 g/mol. The topological polar surface area (TPSA) is 88.4 Å². The van der Waals surface area contributed by atoms with Gasteiger partial charge in [0.25, 0.3) is 0 Å². The van der Waals surface area contributed by atoms with Gasteiger partial charge in [-0.2, -0.15) is 0 Å². The fraction of sp³-hybridized carbons (Fsp3) is 0.273. The number of likely N-dealkylation sites (tertiary alicyclic amines) is 1. The van der Waals surface area contributed by atoms with Crippen LogP contribution in [-0.2, 0) is 4.79 Å². The molecule has 0 aliphatic carbocycles. The number of pyridine rings is 1. The van der Waals surface area contributed by atoms with E-state index in [1.165, 1.54) is 0 Å². The summed E-state index contributed by atoms with van der Waals surface area (Å²) in [7, 11) is 0. The van der Waals surface area contributed by atoms with Crippen LogP contribution in [-0.4, -0.2) is 40.3 Å². The van der Waals surface area contributed by atoms with Gasteiger partial charge in [0.05, 0.1) is 10.4 Å². The third kappa shape index (κ3) is 4.18. The minimum atomic E-state index is -0.413. The molecule has 2 aromatic carbocycles. The summed E-state index contributed by atoms with van der Waals surface area (Å²) in [6.07, 6.45) is 2.25. The molecule has 1 fully saturated rings.